The first-order valence-electron chi connectivity index (χ1n) is 4.27. The normalized spacial score (nSPS) is 10.6. The molecule has 0 unspecified atom stereocenters. The molecule has 0 spiro atoms. The maximum Gasteiger partial charge on any atom is 0.0701 e. The number of hydrogen-bond acceptors (Lipinski definition) is 3. The molecule has 0 bridgehead atoms. The summed E-state index contributed by atoms with van der Waals surface area (Å²) in [6.45, 7) is 3.49. The first-order valence-corrected chi connectivity index (χ1v) is 5.34. The molecule has 0 aromatic rings. The number of ether oxygens (including phenoxy) is 3. The molecule has 0 saturated carbocycles. The zero-order valence-electron chi connectivity index (χ0n) is 7.64. The summed E-state index contributed by atoms with van der Waals surface area (Å²) in [5.41, 5.74) is 0. The van der Waals surface area contributed by atoms with E-state index in [9.17, 15) is 0 Å². The third-order valence-electron chi connectivity index (χ3n) is 1.19. The van der Waals surface area contributed by atoms with Crippen molar-refractivity contribution in [2.45, 2.75) is 0 Å². The summed E-state index contributed by atoms with van der Waals surface area (Å²) < 4.78 is 15.4. The highest BCUT2D eigenvalue weighted by Gasteiger charge is 1.90. The van der Waals surface area contributed by atoms with Crippen molar-refractivity contribution in [3.05, 3.63) is 0 Å². The lowest BCUT2D eigenvalue weighted by Gasteiger charge is -2.04. The molecule has 0 aliphatic rings. The van der Waals surface area contributed by atoms with Gasteiger partial charge in [0.1, 0.15) is 0 Å². The maximum atomic E-state index is 5.40. The van der Waals surface area contributed by atoms with E-state index in [1.807, 2.05) is 0 Å². The van der Waals surface area contributed by atoms with Crippen LogP contribution in [0.25, 0.3) is 0 Å². The Labute approximate surface area is 89.2 Å². The molecule has 13 heavy (non-hydrogen) atoms. The van der Waals surface area contributed by atoms with Crippen molar-refractivity contribution in [3.8, 4) is 0 Å². The Balaban J connectivity index is 2.76. The number of halogens is 2. The second kappa shape index (κ2) is 12.5. The van der Waals surface area contributed by atoms with Crippen LogP contribution in [-0.4, -0.2) is 51.4 Å². The van der Waals surface area contributed by atoms with Crippen molar-refractivity contribution < 1.29 is 14.2 Å². The predicted octanol–water partition coefficient (Wildman–Crippen LogP) is 1.51. The third-order valence-corrected chi connectivity index (χ3v) is 1.50. The molecule has 0 aromatic carbocycles. The number of rotatable bonds is 10. The highest BCUT2D eigenvalue weighted by Crippen LogP contribution is 1.83. The molecule has 0 rings (SSSR count). The van der Waals surface area contributed by atoms with Crippen LogP contribution < -0.4 is 0 Å². The SMILES string of the molecule is ClCCOCCOCCOCCCl. The second-order valence-corrected chi connectivity index (χ2v) is 2.97. The molecule has 0 radical (unpaired) electrons. The second-order valence-electron chi connectivity index (χ2n) is 2.22. The van der Waals surface area contributed by atoms with Gasteiger partial charge in [-0.2, -0.15) is 0 Å². The Bertz CT molecular complexity index is 83.5. The van der Waals surface area contributed by atoms with E-state index in [2.05, 4.69) is 0 Å². The average molecular weight is 231 g/mol. The van der Waals surface area contributed by atoms with Crippen molar-refractivity contribution in [2.75, 3.05) is 51.4 Å². The van der Waals surface area contributed by atoms with Crippen LogP contribution in [-0.2, 0) is 14.2 Å². The van der Waals surface area contributed by atoms with Crippen LogP contribution in [0, 0.1) is 0 Å². The van der Waals surface area contributed by atoms with Gasteiger partial charge in [0.2, 0.25) is 0 Å². The summed E-state index contributed by atoms with van der Waals surface area (Å²) >= 11 is 10.8. The van der Waals surface area contributed by atoms with Crippen LogP contribution in [0.4, 0.5) is 0 Å². The van der Waals surface area contributed by atoms with E-state index in [1.54, 1.807) is 0 Å². The summed E-state index contributed by atoms with van der Waals surface area (Å²) in [5.74, 6) is 1.05. The average Bonchev–Trinajstić information content (AvgIpc) is 2.16. The fraction of sp³-hybridized carbons (Fsp3) is 1.00. The summed E-state index contributed by atoms with van der Waals surface area (Å²) in [6, 6.07) is 0. The van der Waals surface area contributed by atoms with Gasteiger partial charge in [-0.1, -0.05) is 0 Å². The first kappa shape index (κ1) is 13.5. The summed E-state index contributed by atoms with van der Waals surface area (Å²) in [6.07, 6.45) is 0. The number of hydrogen-bond donors (Lipinski definition) is 0. The molecule has 3 nitrogen and oxygen atoms in total. The molecule has 0 saturated heterocycles. The van der Waals surface area contributed by atoms with Crippen LogP contribution >= 0.6 is 23.2 Å². The van der Waals surface area contributed by atoms with Gasteiger partial charge in [0.05, 0.1) is 39.6 Å². The molecule has 0 amide bonds. The van der Waals surface area contributed by atoms with Crippen LogP contribution in [0.2, 0.25) is 0 Å². The summed E-state index contributed by atoms with van der Waals surface area (Å²) in [7, 11) is 0. The van der Waals surface area contributed by atoms with Gasteiger partial charge < -0.3 is 14.2 Å². The van der Waals surface area contributed by atoms with Crippen molar-refractivity contribution in [1.29, 1.82) is 0 Å². The Morgan fingerprint density at radius 3 is 1.15 bits per heavy atom. The van der Waals surface area contributed by atoms with Crippen molar-refractivity contribution in [2.24, 2.45) is 0 Å². The van der Waals surface area contributed by atoms with E-state index in [4.69, 9.17) is 37.4 Å². The van der Waals surface area contributed by atoms with Gasteiger partial charge in [0.25, 0.3) is 0 Å². The van der Waals surface area contributed by atoms with Gasteiger partial charge in [-0.15, -0.1) is 23.2 Å². The van der Waals surface area contributed by atoms with E-state index in [1.165, 1.54) is 0 Å². The van der Waals surface area contributed by atoms with Gasteiger partial charge >= 0.3 is 0 Å². The van der Waals surface area contributed by atoms with E-state index >= 15 is 0 Å². The van der Waals surface area contributed by atoms with Crippen molar-refractivity contribution in [1.82, 2.24) is 0 Å². The Hall–Kier alpha value is 0.460. The fourth-order valence-electron chi connectivity index (χ4n) is 0.651. The minimum Gasteiger partial charge on any atom is -0.378 e. The molecule has 0 aliphatic carbocycles. The molecule has 80 valence electrons. The van der Waals surface area contributed by atoms with Crippen molar-refractivity contribution in [3.63, 3.8) is 0 Å². The maximum absolute atomic E-state index is 5.40. The molecule has 5 heteroatoms. The third kappa shape index (κ3) is 12.5. The van der Waals surface area contributed by atoms with E-state index in [0.717, 1.165) is 0 Å². The van der Waals surface area contributed by atoms with E-state index in [0.29, 0.717) is 51.4 Å². The van der Waals surface area contributed by atoms with Crippen molar-refractivity contribution >= 4 is 23.2 Å². The van der Waals surface area contributed by atoms with Gasteiger partial charge in [0.15, 0.2) is 0 Å². The number of alkyl halides is 2. The molecule has 0 aromatic heterocycles. The van der Waals surface area contributed by atoms with Crippen LogP contribution in [0.5, 0.6) is 0 Å². The van der Waals surface area contributed by atoms with Gasteiger partial charge in [-0.25, -0.2) is 0 Å². The minimum atomic E-state index is 0.527. The molecular weight excluding hydrogens is 215 g/mol. The quantitative estimate of drug-likeness (QED) is 0.421. The first-order chi connectivity index (χ1) is 6.41. The topological polar surface area (TPSA) is 27.7 Å². The monoisotopic (exact) mass is 230 g/mol. The lowest BCUT2D eigenvalue weighted by atomic mass is 10.7. The zero-order valence-corrected chi connectivity index (χ0v) is 9.15. The Morgan fingerprint density at radius 2 is 0.846 bits per heavy atom. The molecular formula is C8H16Cl2O3. The fourth-order valence-corrected chi connectivity index (χ4v) is 0.869. The molecule has 0 heterocycles. The largest absolute Gasteiger partial charge is 0.378 e. The van der Waals surface area contributed by atoms with Crippen LogP contribution in [0.15, 0.2) is 0 Å². The lowest BCUT2D eigenvalue weighted by molar-refractivity contribution is 0.0202. The minimum absolute atomic E-state index is 0.527. The summed E-state index contributed by atoms with van der Waals surface area (Å²) in [5, 5.41) is 0. The van der Waals surface area contributed by atoms with Crippen LogP contribution in [0.3, 0.4) is 0 Å². The Morgan fingerprint density at radius 1 is 0.538 bits per heavy atom. The highest BCUT2D eigenvalue weighted by molar-refractivity contribution is 6.18. The van der Waals surface area contributed by atoms with Gasteiger partial charge in [-0.3, -0.25) is 0 Å². The Kier molecular flexibility index (Phi) is 12.9. The zero-order chi connectivity index (χ0) is 9.78. The smallest absolute Gasteiger partial charge is 0.0701 e. The molecule has 0 aliphatic heterocycles. The summed E-state index contributed by atoms with van der Waals surface area (Å²) in [4.78, 5) is 0. The lowest BCUT2D eigenvalue weighted by Crippen LogP contribution is -2.10. The molecule has 0 fully saturated rings. The predicted molar refractivity (Wildman–Crippen MR) is 53.9 cm³/mol. The highest BCUT2D eigenvalue weighted by atomic mass is 35.5. The van der Waals surface area contributed by atoms with Gasteiger partial charge in [0, 0.05) is 11.8 Å². The molecule has 0 N–H and O–H groups in total. The van der Waals surface area contributed by atoms with E-state index < -0.39 is 0 Å². The van der Waals surface area contributed by atoms with Crippen LogP contribution in [0.1, 0.15) is 0 Å². The molecule has 0 atom stereocenters. The van der Waals surface area contributed by atoms with E-state index in [-0.39, 0.29) is 0 Å². The van der Waals surface area contributed by atoms with Gasteiger partial charge in [-0.05, 0) is 0 Å². The standard InChI is InChI=1S/C8H16Cl2O3/c9-1-3-11-5-7-13-8-6-12-4-2-10/h1-8H2.